The van der Waals surface area contributed by atoms with Crippen molar-refractivity contribution in [2.45, 2.75) is 20.0 Å². The van der Waals surface area contributed by atoms with Crippen LogP contribution in [0.3, 0.4) is 0 Å². The van der Waals surface area contributed by atoms with Crippen molar-refractivity contribution in [1.82, 2.24) is 15.2 Å². The first-order valence-electron chi connectivity index (χ1n) is 9.03. The van der Waals surface area contributed by atoms with Crippen molar-refractivity contribution in [2.75, 3.05) is 39.9 Å². The van der Waals surface area contributed by atoms with E-state index in [9.17, 15) is 18.0 Å². The first-order valence-corrected chi connectivity index (χ1v) is 9.03. The molecule has 29 heavy (non-hydrogen) atoms. The van der Waals surface area contributed by atoms with E-state index in [0.29, 0.717) is 32.1 Å². The molecule has 1 aromatic rings. The minimum Gasteiger partial charge on any atom is -0.476 e. The Morgan fingerprint density at radius 1 is 1.38 bits per heavy atom. The number of guanidine groups is 1. The van der Waals surface area contributed by atoms with Crippen LogP contribution in [-0.2, 0) is 15.7 Å². The van der Waals surface area contributed by atoms with Gasteiger partial charge in [-0.15, -0.1) is 24.0 Å². The summed E-state index contributed by atoms with van der Waals surface area (Å²) in [5.41, 5.74) is -0.824. The molecule has 11 heteroatoms. The number of alkyl halides is 3. The Balaban J connectivity index is 0.00000420. The van der Waals surface area contributed by atoms with Gasteiger partial charge in [0.2, 0.25) is 5.88 Å². The maximum absolute atomic E-state index is 12.5. The van der Waals surface area contributed by atoms with E-state index >= 15 is 0 Å². The third-order valence-corrected chi connectivity index (χ3v) is 4.42. The highest BCUT2D eigenvalue weighted by Crippen LogP contribution is 2.29. The third kappa shape index (κ3) is 7.19. The maximum Gasteiger partial charge on any atom is 0.417 e. The molecule has 0 radical (unpaired) electrons. The normalized spacial score (nSPS) is 19.5. The van der Waals surface area contributed by atoms with Crippen molar-refractivity contribution in [3.05, 3.63) is 23.9 Å². The molecule has 0 aliphatic carbocycles. The summed E-state index contributed by atoms with van der Waals surface area (Å²) >= 11 is 0. The predicted molar refractivity (Wildman–Crippen MR) is 112 cm³/mol. The van der Waals surface area contributed by atoms with Gasteiger partial charge in [0.05, 0.1) is 25.1 Å². The van der Waals surface area contributed by atoms with Gasteiger partial charge in [0, 0.05) is 31.9 Å². The van der Waals surface area contributed by atoms with Crippen molar-refractivity contribution in [3.63, 3.8) is 0 Å². The molecule has 2 heterocycles. The van der Waals surface area contributed by atoms with Crippen LogP contribution in [0.2, 0.25) is 0 Å². The Labute approximate surface area is 185 Å². The van der Waals surface area contributed by atoms with Crippen LogP contribution < -0.4 is 10.1 Å². The van der Waals surface area contributed by atoms with Crippen molar-refractivity contribution in [2.24, 2.45) is 16.8 Å². The van der Waals surface area contributed by atoms with E-state index in [1.807, 2.05) is 18.7 Å². The van der Waals surface area contributed by atoms with E-state index in [2.05, 4.69) is 15.3 Å². The Morgan fingerprint density at radius 3 is 2.66 bits per heavy atom. The number of methoxy groups -OCH3 is 1. The Morgan fingerprint density at radius 2 is 2.10 bits per heavy atom. The molecule has 1 aromatic heterocycles. The van der Waals surface area contributed by atoms with Gasteiger partial charge in [0.25, 0.3) is 0 Å². The van der Waals surface area contributed by atoms with Gasteiger partial charge in [0.15, 0.2) is 5.96 Å². The van der Waals surface area contributed by atoms with Crippen LogP contribution in [0.25, 0.3) is 0 Å². The minimum atomic E-state index is -4.43. The summed E-state index contributed by atoms with van der Waals surface area (Å²) in [5.74, 6) is 0.464. The van der Waals surface area contributed by atoms with E-state index in [0.717, 1.165) is 12.3 Å². The number of aromatic nitrogens is 1. The summed E-state index contributed by atoms with van der Waals surface area (Å²) < 4.78 is 47.8. The maximum atomic E-state index is 12.5. The molecular formula is C18H26F3IN4O3. The fraction of sp³-hybridized carbons (Fsp3) is 0.611. The van der Waals surface area contributed by atoms with Gasteiger partial charge in [-0.25, -0.2) is 9.98 Å². The average Bonchev–Trinajstić information content (AvgIpc) is 3.05. The number of aliphatic imine (C=N–C) groups is 1. The molecule has 0 amide bonds. The number of carbonyl (C=O) groups excluding carboxylic acids is 1. The van der Waals surface area contributed by atoms with E-state index in [4.69, 9.17) is 9.47 Å². The topological polar surface area (TPSA) is 76.1 Å². The molecule has 1 N–H and O–H groups in total. The Kier molecular flexibility index (Phi) is 9.93. The zero-order chi connectivity index (χ0) is 20.7. The lowest BCUT2D eigenvalue weighted by atomic mass is 9.99. The molecule has 1 aliphatic heterocycles. The lowest BCUT2D eigenvalue weighted by Crippen LogP contribution is -2.41. The molecular weight excluding hydrogens is 504 g/mol. The SMILES string of the molecule is CCNC(=NCCOc1ccc(C(F)(F)F)cn1)N1CC(C)C(C(=O)OC)C1.I. The lowest BCUT2D eigenvalue weighted by molar-refractivity contribution is -0.146. The second-order valence-corrected chi connectivity index (χ2v) is 6.48. The van der Waals surface area contributed by atoms with Gasteiger partial charge in [-0.2, -0.15) is 13.2 Å². The molecule has 0 aromatic carbocycles. The molecule has 7 nitrogen and oxygen atoms in total. The Bertz CT molecular complexity index is 686. The highest BCUT2D eigenvalue weighted by atomic mass is 127. The zero-order valence-electron chi connectivity index (χ0n) is 16.5. The fourth-order valence-corrected chi connectivity index (χ4v) is 2.96. The largest absolute Gasteiger partial charge is 0.476 e. The van der Waals surface area contributed by atoms with Crippen LogP contribution in [0.5, 0.6) is 5.88 Å². The van der Waals surface area contributed by atoms with Crippen LogP contribution in [0.15, 0.2) is 23.3 Å². The highest BCUT2D eigenvalue weighted by molar-refractivity contribution is 14.0. The van der Waals surface area contributed by atoms with Gasteiger partial charge in [-0.05, 0) is 18.9 Å². The second-order valence-electron chi connectivity index (χ2n) is 6.48. The first-order chi connectivity index (χ1) is 13.3. The first kappa shape index (κ1) is 25.2. The van der Waals surface area contributed by atoms with E-state index in [1.165, 1.54) is 13.2 Å². The van der Waals surface area contributed by atoms with Crippen LogP contribution in [0.4, 0.5) is 13.2 Å². The van der Waals surface area contributed by atoms with Gasteiger partial charge in [-0.3, -0.25) is 4.79 Å². The summed E-state index contributed by atoms with van der Waals surface area (Å²) in [6, 6.07) is 2.11. The highest BCUT2D eigenvalue weighted by Gasteiger charge is 2.36. The van der Waals surface area contributed by atoms with Crippen LogP contribution in [-0.4, -0.2) is 61.7 Å². The number of pyridine rings is 1. The van der Waals surface area contributed by atoms with Crippen LogP contribution in [0.1, 0.15) is 19.4 Å². The van der Waals surface area contributed by atoms with Crippen molar-refractivity contribution < 1.29 is 27.4 Å². The minimum absolute atomic E-state index is 0. The standard InChI is InChI=1S/C18H25F3N4O3.HI/c1-4-22-17(25-10-12(2)14(11-25)16(26)27-3)23-7-8-28-15-6-5-13(9-24-15)18(19,20)21;/h5-6,9,12,14H,4,7-8,10-11H2,1-3H3,(H,22,23);1H. The van der Waals surface area contributed by atoms with E-state index in [1.54, 1.807) is 0 Å². The number of halogens is 4. The average molecular weight is 530 g/mol. The summed E-state index contributed by atoms with van der Waals surface area (Å²) in [6.45, 7) is 6.23. The molecule has 2 unspecified atom stereocenters. The summed E-state index contributed by atoms with van der Waals surface area (Å²) in [5, 5.41) is 3.17. The zero-order valence-corrected chi connectivity index (χ0v) is 18.9. The third-order valence-electron chi connectivity index (χ3n) is 4.42. The summed E-state index contributed by atoms with van der Waals surface area (Å²) in [4.78, 5) is 22.0. The summed E-state index contributed by atoms with van der Waals surface area (Å²) in [6.07, 6.45) is -3.69. The quantitative estimate of drug-likeness (QED) is 0.201. The number of carbonyl (C=O) groups is 1. The molecule has 0 saturated carbocycles. The fourth-order valence-electron chi connectivity index (χ4n) is 2.96. The van der Waals surface area contributed by atoms with Crippen LogP contribution in [0, 0.1) is 11.8 Å². The van der Waals surface area contributed by atoms with Crippen molar-refractivity contribution in [3.8, 4) is 5.88 Å². The number of nitrogens with zero attached hydrogens (tertiary/aromatic N) is 3. The van der Waals surface area contributed by atoms with Crippen molar-refractivity contribution >= 4 is 35.9 Å². The molecule has 1 saturated heterocycles. The van der Waals surface area contributed by atoms with Gasteiger partial charge in [-0.1, -0.05) is 6.92 Å². The number of hydrogen-bond acceptors (Lipinski definition) is 5. The number of rotatable bonds is 6. The molecule has 1 fully saturated rings. The van der Waals surface area contributed by atoms with Gasteiger partial charge < -0.3 is 19.7 Å². The van der Waals surface area contributed by atoms with Gasteiger partial charge >= 0.3 is 12.1 Å². The van der Waals surface area contributed by atoms with Crippen LogP contribution >= 0.6 is 24.0 Å². The lowest BCUT2D eigenvalue weighted by Gasteiger charge is -2.21. The molecule has 2 atom stereocenters. The number of likely N-dealkylation sites (tertiary alicyclic amines) is 1. The molecule has 0 bridgehead atoms. The number of hydrogen-bond donors (Lipinski definition) is 1. The predicted octanol–water partition coefficient (Wildman–Crippen LogP) is 2.80. The molecule has 0 spiro atoms. The molecule has 1 aliphatic rings. The Hall–Kier alpha value is -1.79. The monoisotopic (exact) mass is 530 g/mol. The number of ether oxygens (including phenoxy) is 2. The van der Waals surface area contributed by atoms with Gasteiger partial charge in [0.1, 0.15) is 6.61 Å². The molecule has 2 rings (SSSR count). The van der Waals surface area contributed by atoms with E-state index < -0.39 is 11.7 Å². The summed E-state index contributed by atoms with van der Waals surface area (Å²) in [7, 11) is 1.38. The smallest absolute Gasteiger partial charge is 0.417 e. The molecule has 164 valence electrons. The van der Waals surface area contributed by atoms with Crippen molar-refractivity contribution in [1.29, 1.82) is 0 Å². The second kappa shape index (κ2) is 11.4. The number of esters is 1. The number of nitrogens with one attached hydrogen (secondary N) is 1. The van der Waals surface area contributed by atoms with E-state index in [-0.39, 0.29) is 54.3 Å².